The maximum Gasteiger partial charge on any atom is 0.209 e. The van der Waals surface area contributed by atoms with Crippen molar-refractivity contribution in [1.82, 2.24) is 9.97 Å². The quantitative estimate of drug-likeness (QED) is 0.518. The minimum absolute atomic E-state index is 0.00182. The molecule has 0 N–H and O–H groups in total. The summed E-state index contributed by atoms with van der Waals surface area (Å²) >= 11 is 6.43. The number of alkyl halides is 1. The van der Waals surface area contributed by atoms with Crippen LogP contribution in [0.1, 0.15) is 25.9 Å². The SMILES string of the molecule is Cc1csc(C(=O)C(Br)c2ccc3ncsc3c2)n1. The van der Waals surface area contributed by atoms with Crippen molar-refractivity contribution in [3.8, 4) is 0 Å². The smallest absolute Gasteiger partial charge is 0.209 e. The fourth-order valence-electron chi connectivity index (χ4n) is 1.76. The number of carbonyl (C=O) groups is 1. The van der Waals surface area contributed by atoms with E-state index < -0.39 is 0 Å². The Hall–Kier alpha value is -1.11. The summed E-state index contributed by atoms with van der Waals surface area (Å²) in [6, 6.07) is 5.88. The molecular weight excluding hydrogens is 344 g/mol. The molecule has 3 aromatic rings. The van der Waals surface area contributed by atoms with E-state index in [2.05, 4.69) is 25.9 Å². The van der Waals surface area contributed by atoms with Gasteiger partial charge in [-0.25, -0.2) is 9.97 Å². The zero-order valence-corrected chi connectivity index (χ0v) is 13.2. The normalized spacial score (nSPS) is 12.7. The molecular formula is C13H9BrN2OS2. The van der Waals surface area contributed by atoms with Crippen molar-refractivity contribution in [1.29, 1.82) is 0 Å². The molecule has 3 nitrogen and oxygen atoms in total. The van der Waals surface area contributed by atoms with Crippen LogP contribution in [0, 0.1) is 6.92 Å². The van der Waals surface area contributed by atoms with E-state index in [1.807, 2.05) is 36.0 Å². The standard InChI is InChI=1S/C13H9BrN2OS2/c1-7-5-18-13(16-7)12(17)11(14)8-2-3-9-10(4-8)19-6-15-9/h2-6,11H,1H3. The predicted molar refractivity (Wildman–Crippen MR) is 82.5 cm³/mol. The minimum atomic E-state index is -0.357. The summed E-state index contributed by atoms with van der Waals surface area (Å²) in [4.78, 5) is 20.4. The van der Waals surface area contributed by atoms with Gasteiger partial charge >= 0.3 is 0 Å². The Morgan fingerprint density at radius 3 is 2.95 bits per heavy atom. The van der Waals surface area contributed by atoms with Gasteiger partial charge in [0, 0.05) is 11.1 Å². The molecule has 2 heterocycles. The summed E-state index contributed by atoms with van der Waals surface area (Å²) in [6.07, 6.45) is 0. The fraction of sp³-hybridized carbons (Fsp3) is 0.154. The average Bonchev–Trinajstić information content (AvgIpc) is 3.04. The maximum atomic E-state index is 12.3. The number of Topliss-reactive ketones (excluding diaryl/α,β-unsaturated/α-hetero) is 1. The number of hydrogen-bond acceptors (Lipinski definition) is 5. The fourth-order valence-corrected chi connectivity index (χ4v) is 3.90. The van der Waals surface area contributed by atoms with Crippen molar-refractivity contribution >= 4 is 54.6 Å². The molecule has 0 aliphatic carbocycles. The summed E-state index contributed by atoms with van der Waals surface area (Å²) in [5.74, 6) is 0.00182. The van der Waals surface area contributed by atoms with Crippen LogP contribution in [-0.2, 0) is 0 Å². The molecule has 2 aromatic heterocycles. The van der Waals surface area contributed by atoms with Crippen molar-refractivity contribution in [3.63, 3.8) is 0 Å². The molecule has 3 rings (SSSR count). The molecule has 96 valence electrons. The number of aryl methyl sites for hydroxylation is 1. The van der Waals surface area contributed by atoms with Gasteiger partial charge in [0.05, 0.1) is 15.7 Å². The Bertz CT molecular complexity index is 750. The van der Waals surface area contributed by atoms with Crippen LogP contribution >= 0.6 is 38.6 Å². The number of fused-ring (bicyclic) bond motifs is 1. The van der Waals surface area contributed by atoms with E-state index in [4.69, 9.17) is 0 Å². The van der Waals surface area contributed by atoms with Gasteiger partial charge in [-0.15, -0.1) is 22.7 Å². The first kappa shape index (κ1) is 12.9. The van der Waals surface area contributed by atoms with Gasteiger partial charge in [-0.1, -0.05) is 22.0 Å². The van der Waals surface area contributed by atoms with Crippen LogP contribution in [0.2, 0.25) is 0 Å². The lowest BCUT2D eigenvalue weighted by atomic mass is 10.1. The van der Waals surface area contributed by atoms with Gasteiger partial charge in [-0.2, -0.15) is 0 Å². The number of aromatic nitrogens is 2. The summed E-state index contributed by atoms with van der Waals surface area (Å²) < 4.78 is 1.09. The Labute approximate surface area is 126 Å². The third-order valence-corrected chi connectivity index (χ3v) is 5.42. The van der Waals surface area contributed by atoms with Crippen LogP contribution in [0.5, 0.6) is 0 Å². The summed E-state index contributed by atoms with van der Waals surface area (Å²) in [5, 5.41) is 2.43. The van der Waals surface area contributed by atoms with Crippen molar-refractivity contribution in [2.45, 2.75) is 11.8 Å². The molecule has 1 aromatic carbocycles. The molecule has 0 aliphatic rings. The van der Waals surface area contributed by atoms with Gasteiger partial charge in [-0.3, -0.25) is 4.79 Å². The topological polar surface area (TPSA) is 42.9 Å². The first-order valence-electron chi connectivity index (χ1n) is 5.59. The molecule has 0 aliphatic heterocycles. The molecule has 1 unspecified atom stereocenters. The summed E-state index contributed by atoms with van der Waals surface area (Å²) in [5.41, 5.74) is 4.59. The van der Waals surface area contributed by atoms with E-state index in [1.54, 1.807) is 11.3 Å². The van der Waals surface area contributed by atoms with E-state index in [1.165, 1.54) is 11.3 Å². The van der Waals surface area contributed by atoms with Crippen molar-refractivity contribution < 1.29 is 4.79 Å². The van der Waals surface area contributed by atoms with E-state index in [0.29, 0.717) is 5.01 Å². The summed E-state index contributed by atoms with van der Waals surface area (Å²) in [6.45, 7) is 1.89. The van der Waals surface area contributed by atoms with Crippen molar-refractivity contribution in [2.75, 3.05) is 0 Å². The Morgan fingerprint density at radius 2 is 2.21 bits per heavy atom. The summed E-state index contributed by atoms with van der Waals surface area (Å²) in [7, 11) is 0. The number of carbonyl (C=O) groups excluding carboxylic acids is 1. The molecule has 0 fully saturated rings. The maximum absolute atomic E-state index is 12.3. The van der Waals surface area contributed by atoms with E-state index in [0.717, 1.165) is 21.5 Å². The van der Waals surface area contributed by atoms with Gasteiger partial charge in [0.25, 0.3) is 0 Å². The molecule has 19 heavy (non-hydrogen) atoms. The van der Waals surface area contributed by atoms with Gasteiger partial charge in [0.1, 0.15) is 4.83 Å². The highest BCUT2D eigenvalue weighted by molar-refractivity contribution is 9.09. The second-order valence-corrected chi connectivity index (χ2v) is 6.76. The molecule has 6 heteroatoms. The molecule has 0 bridgehead atoms. The number of thiazole rings is 2. The van der Waals surface area contributed by atoms with Crippen LogP contribution in [0.3, 0.4) is 0 Å². The van der Waals surface area contributed by atoms with Crippen molar-refractivity contribution in [3.05, 3.63) is 45.4 Å². The van der Waals surface area contributed by atoms with Crippen LogP contribution in [0.25, 0.3) is 10.2 Å². The predicted octanol–water partition coefficient (Wildman–Crippen LogP) is 4.38. The molecule has 0 radical (unpaired) electrons. The largest absolute Gasteiger partial charge is 0.290 e. The monoisotopic (exact) mass is 352 g/mol. The van der Waals surface area contributed by atoms with E-state index in [-0.39, 0.29) is 10.6 Å². The van der Waals surface area contributed by atoms with E-state index >= 15 is 0 Å². The highest BCUT2D eigenvalue weighted by Gasteiger charge is 2.22. The van der Waals surface area contributed by atoms with Gasteiger partial charge in [0.15, 0.2) is 5.01 Å². The lowest BCUT2D eigenvalue weighted by Crippen LogP contribution is -2.06. The Balaban J connectivity index is 1.94. The number of rotatable bonds is 3. The van der Waals surface area contributed by atoms with Crippen LogP contribution in [-0.4, -0.2) is 15.8 Å². The zero-order valence-electron chi connectivity index (χ0n) is 9.96. The number of hydrogen-bond donors (Lipinski definition) is 0. The minimum Gasteiger partial charge on any atom is -0.290 e. The second-order valence-electron chi connectivity index (χ2n) is 4.10. The van der Waals surface area contributed by atoms with Gasteiger partial charge < -0.3 is 0 Å². The van der Waals surface area contributed by atoms with E-state index in [9.17, 15) is 4.79 Å². The lowest BCUT2D eigenvalue weighted by molar-refractivity contribution is 0.0991. The second kappa shape index (κ2) is 5.11. The number of halogens is 1. The zero-order chi connectivity index (χ0) is 13.4. The third-order valence-electron chi connectivity index (χ3n) is 2.71. The van der Waals surface area contributed by atoms with Gasteiger partial charge in [-0.05, 0) is 24.6 Å². The highest BCUT2D eigenvalue weighted by atomic mass is 79.9. The van der Waals surface area contributed by atoms with Crippen LogP contribution in [0.4, 0.5) is 0 Å². The van der Waals surface area contributed by atoms with Gasteiger partial charge in [0.2, 0.25) is 5.78 Å². The average molecular weight is 353 g/mol. The number of ketones is 1. The number of nitrogens with zero attached hydrogens (tertiary/aromatic N) is 2. The van der Waals surface area contributed by atoms with Crippen molar-refractivity contribution in [2.24, 2.45) is 0 Å². The van der Waals surface area contributed by atoms with Crippen LogP contribution in [0.15, 0.2) is 29.1 Å². The third kappa shape index (κ3) is 2.48. The lowest BCUT2D eigenvalue weighted by Gasteiger charge is -2.07. The highest BCUT2D eigenvalue weighted by Crippen LogP contribution is 2.31. The Morgan fingerprint density at radius 1 is 1.37 bits per heavy atom. The first-order valence-corrected chi connectivity index (χ1v) is 8.26. The molecule has 1 atom stereocenters. The molecule has 0 spiro atoms. The number of benzene rings is 1. The Kier molecular flexibility index (Phi) is 3.47. The van der Waals surface area contributed by atoms with Crippen LogP contribution < -0.4 is 0 Å². The molecule has 0 saturated carbocycles. The molecule has 0 saturated heterocycles. The molecule has 0 amide bonds. The first-order chi connectivity index (χ1) is 9.15.